The smallest absolute Gasteiger partial charge is 0.243 e. The van der Waals surface area contributed by atoms with Crippen LogP contribution in [0.2, 0.25) is 5.02 Å². The van der Waals surface area contributed by atoms with E-state index >= 15 is 0 Å². The summed E-state index contributed by atoms with van der Waals surface area (Å²) >= 11 is 5.84. The molecular weight excluding hydrogens is 372 g/mol. The summed E-state index contributed by atoms with van der Waals surface area (Å²) in [7, 11) is -3.74. The van der Waals surface area contributed by atoms with Crippen LogP contribution < -0.4 is 5.32 Å². The van der Waals surface area contributed by atoms with Crippen molar-refractivity contribution >= 4 is 33.2 Å². The van der Waals surface area contributed by atoms with Gasteiger partial charge in [-0.2, -0.15) is 4.31 Å². The molecule has 0 aromatic heterocycles. The number of anilines is 1. The molecule has 3 rings (SSSR count). The van der Waals surface area contributed by atoms with Crippen molar-refractivity contribution in [2.24, 2.45) is 0 Å². The van der Waals surface area contributed by atoms with E-state index in [1.54, 1.807) is 0 Å². The monoisotopic (exact) mass is 392 g/mol. The molecular formula is C19H21ClN2O3S. The molecule has 1 N–H and O–H groups in total. The van der Waals surface area contributed by atoms with Gasteiger partial charge in [-0.05, 0) is 61.2 Å². The minimum Gasteiger partial charge on any atom is -0.325 e. The van der Waals surface area contributed by atoms with Gasteiger partial charge in [0, 0.05) is 17.3 Å². The third kappa shape index (κ3) is 3.92. The molecule has 2 aromatic rings. The number of sulfonamides is 1. The maximum Gasteiger partial charge on any atom is 0.243 e. The highest BCUT2D eigenvalue weighted by Crippen LogP contribution is 2.27. The highest BCUT2D eigenvalue weighted by atomic mass is 35.5. The topological polar surface area (TPSA) is 66.5 Å². The fourth-order valence-electron chi connectivity index (χ4n) is 3.13. The number of rotatable bonds is 5. The second-order valence-corrected chi connectivity index (χ2v) is 8.60. The lowest BCUT2D eigenvalue weighted by molar-refractivity contribution is -0.119. The van der Waals surface area contributed by atoms with Gasteiger partial charge in [-0.1, -0.05) is 30.7 Å². The number of nitrogens with one attached hydrogen (secondary N) is 1. The number of hydrogen-bond acceptors (Lipinski definition) is 3. The zero-order valence-electron chi connectivity index (χ0n) is 14.5. The van der Waals surface area contributed by atoms with Gasteiger partial charge in [0.05, 0.1) is 4.90 Å². The Morgan fingerprint density at radius 1 is 1.23 bits per heavy atom. The lowest BCUT2D eigenvalue weighted by Gasteiger charge is -2.23. The number of halogens is 1. The Hall–Kier alpha value is -1.89. The first-order valence-electron chi connectivity index (χ1n) is 8.59. The minimum atomic E-state index is -3.74. The van der Waals surface area contributed by atoms with Crippen LogP contribution in [0.15, 0.2) is 53.4 Å². The molecule has 1 unspecified atom stereocenters. The molecule has 0 aliphatic carbocycles. The predicted molar refractivity (Wildman–Crippen MR) is 103 cm³/mol. The molecule has 1 aliphatic heterocycles. The van der Waals surface area contributed by atoms with Gasteiger partial charge in [-0.3, -0.25) is 4.79 Å². The molecule has 1 amide bonds. The van der Waals surface area contributed by atoms with Crippen LogP contribution in [0.4, 0.5) is 5.69 Å². The van der Waals surface area contributed by atoms with E-state index in [9.17, 15) is 13.2 Å². The Morgan fingerprint density at radius 3 is 2.65 bits per heavy atom. The summed E-state index contributed by atoms with van der Waals surface area (Å²) < 4.78 is 27.1. The SMILES string of the molecule is CCc1cccc(NC(=O)C2CCCN2S(=O)(=O)c2ccc(Cl)cc2)c1. The van der Waals surface area contributed by atoms with E-state index in [4.69, 9.17) is 11.6 Å². The largest absolute Gasteiger partial charge is 0.325 e. The van der Waals surface area contributed by atoms with Crippen LogP contribution in [0.1, 0.15) is 25.3 Å². The molecule has 1 fully saturated rings. The van der Waals surface area contributed by atoms with Crippen LogP contribution >= 0.6 is 11.6 Å². The van der Waals surface area contributed by atoms with Crippen LogP contribution in [0.5, 0.6) is 0 Å². The molecule has 0 spiro atoms. The highest BCUT2D eigenvalue weighted by molar-refractivity contribution is 7.89. The Balaban J connectivity index is 1.80. The first-order chi connectivity index (χ1) is 12.4. The maximum absolute atomic E-state index is 12.9. The van der Waals surface area contributed by atoms with Gasteiger partial charge in [-0.25, -0.2) is 8.42 Å². The Kier molecular flexibility index (Phi) is 5.65. The molecule has 5 nitrogen and oxygen atoms in total. The summed E-state index contributed by atoms with van der Waals surface area (Å²) in [5.41, 5.74) is 1.80. The van der Waals surface area contributed by atoms with Crippen molar-refractivity contribution in [3.05, 3.63) is 59.1 Å². The molecule has 1 aliphatic rings. The van der Waals surface area contributed by atoms with Gasteiger partial charge in [0.15, 0.2) is 0 Å². The Morgan fingerprint density at radius 2 is 1.96 bits per heavy atom. The quantitative estimate of drug-likeness (QED) is 0.843. The molecule has 7 heteroatoms. The molecule has 138 valence electrons. The van der Waals surface area contributed by atoms with Crippen LogP contribution in [0.3, 0.4) is 0 Å². The third-order valence-corrected chi connectivity index (χ3v) is 6.70. The lowest BCUT2D eigenvalue weighted by Crippen LogP contribution is -2.43. The molecule has 2 aromatic carbocycles. The van der Waals surface area contributed by atoms with Crippen molar-refractivity contribution in [3.8, 4) is 0 Å². The molecule has 26 heavy (non-hydrogen) atoms. The molecule has 0 radical (unpaired) electrons. The van der Waals surface area contributed by atoms with Crippen molar-refractivity contribution < 1.29 is 13.2 Å². The summed E-state index contributed by atoms with van der Waals surface area (Å²) in [5.74, 6) is -0.298. The molecule has 1 saturated heterocycles. The first-order valence-corrected chi connectivity index (χ1v) is 10.4. The Bertz CT molecular complexity index is 897. The Labute approximate surface area is 159 Å². The number of carbonyl (C=O) groups is 1. The summed E-state index contributed by atoms with van der Waals surface area (Å²) in [6.45, 7) is 2.37. The maximum atomic E-state index is 12.9. The molecule has 0 bridgehead atoms. The van der Waals surface area contributed by atoms with Gasteiger partial charge in [0.2, 0.25) is 15.9 Å². The third-order valence-electron chi connectivity index (χ3n) is 4.53. The normalized spacial score (nSPS) is 18.0. The van der Waals surface area contributed by atoms with Crippen molar-refractivity contribution in [2.45, 2.75) is 37.1 Å². The second-order valence-electron chi connectivity index (χ2n) is 6.27. The van der Waals surface area contributed by atoms with Gasteiger partial charge in [-0.15, -0.1) is 0 Å². The average molecular weight is 393 g/mol. The first kappa shape index (κ1) is 18.9. The summed E-state index contributed by atoms with van der Waals surface area (Å²) in [4.78, 5) is 12.9. The van der Waals surface area contributed by atoms with Crippen LogP contribution in [-0.4, -0.2) is 31.2 Å². The van der Waals surface area contributed by atoms with E-state index < -0.39 is 16.1 Å². The fraction of sp³-hybridized carbons (Fsp3) is 0.316. The average Bonchev–Trinajstić information content (AvgIpc) is 3.13. The van der Waals surface area contributed by atoms with E-state index in [0.29, 0.717) is 30.1 Å². The van der Waals surface area contributed by atoms with E-state index in [-0.39, 0.29) is 10.8 Å². The van der Waals surface area contributed by atoms with Gasteiger partial charge in [0.1, 0.15) is 6.04 Å². The van der Waals surface area contributed by atoms with Crippen LogP contribution in [0, 0.1) is 0 Å². The second kappa shape index (κ2) is 7.78. The van der Waals surface area contributed by atoms with Crippen LogP contribution in [-0.2, 0) is 21.2 Å². The summed E-state index contributed by atoms with van der Waals surface area (Å²) in [6.07, 6.45) is 2.02. The van der Waals surface area contributed by atoms with Gasteiger partial charge >= 0.3 is 0 Å². The highest BCUT2D eigenvalue weighted by Gasteiger charge is 2.39. The molecule has 1 atom stereocenters. The molecule has 1 heterocycles. The van der Waals surface area contributed by atoms with E-state index in [1.165, 1.54) is 28.6 Å². The predicted octanol–water partition coefficient (Wildman–Crippen LogP) is 3.69. The zero-order valence-corrected chi connectivity index (χ0v) is 16.1. The lowest BCUT2D eigenvalue weighted by atomic mass is 10.1. The molecule has 0 saturated carbocycles. The van der Waals surface area contributed by atoms with Crippen molar-refractivity contribution in [1.29, 1.82) is 0 Å². The standard InChI is InChI=1S/C19H21ClN2O3S/c1-2-14-5-3-6-16(13-14)21-19(23)18-7-4-12-22(18)26(24,25)17-10-8-15(20)9-11-17/h3,5-6,8-11,13,18H,2,4,7,12H2,1H3,(H,21,23). The van der Waals surface area contributed by atoms with E-state index in [0.717, 1.165) is 12.0 Å². The number of nitrogens with zero attached hydrogens (tertiary/aromatic N) is 1. The summed E-state index contributed by atoms with van der Waals surface area (Å²) in [5, 5.41) is 3.32. The van der Waals surface area contributed by atoms with Crippen molar-refractivity contribution in [1.82, 2.24) is 4.31 Å². The fourth-order valence-corrected chi connectivity index (χ4v) is 4.91. The number of hydrogen-bond donors (Lipinski definition) is 1. The van der Waals surface area contributed by atoms with Crippen LogP contribution in [0.25, 0.3) is 0 Å². The number of benzene rings is 2. The van der Waals surface area contributed by atoms with E-state index in [1.807, 2.05) is 31.2 Å². The number of amides is 1. The van der Waals surface area contributed by atoms with Gasteiger partial charge in [0.25, 0.3) is 0 Å². The van der Waals surface area contributed by atoms with E-state index in [2.05, 4.69) is 5.32 Å². The summed E-state index contributed by atoms with van der Waals surface area (Å²) in [6, 6.07) is 12.9. The number of aryl methyl sites for hydroxylation is 1. The minimum absolute atomic E-state index is 0.148. The van der Waals surface area contributed by atoms with Crippen molar-refractivity contribution in [3.63, 3.8) is 0 Å². The zero-order chi connectivity index (χ0) is 18.7. The van der Waals surface area contributed by atoms with Crippen molar-refractivity contribution in [2.75, 3.05) is 11.9 Å². The number of carbonyl (C=O) groups excluding carboxylic acids is 1. The van der Waals surface area contributed by atoms with Gasteiger partial charge < -0.3 is 5.32 Å².